The van der Waals surface area contributed by atoms with Crippen molar-refractivity contribution in [2.75, 3.05) is 4.72 Å². The Morgan fingerprint density at radius 3 is 2.08 bits per heavy atom. The Bertz CT molecular complexity index is 943. The topological polar surface area (TPSA) is 46.2 Å². The van der Waals surface area contributed by atoms with Crippen molar-refractivity contribution in [1.82, 2.24) is 0 Å². The van der Waals surface area contributed by atoms with Crippen LogP contribution in [0.4, 0.5) is 32.0 Å². The van der Waals surface area contributed by atoms with E-state index in [0.717, 1.165) is 18.2 Å². The zero-order valence-electron chi connectivity index (χ0n) is 12.2. The van der Waals surface area contributed by atoms with Gasteiger partial charge in [0.15, 0.2) is 0 Å². The normalized spacial score (nSPS) is 12.9. The molecule has 0 amide bonds. The summed E-state index contributed by atoms with van der Waals surface area (Å²) in [7, 11) is -4.58. The number of hydrogen-bond donors (Lipinski definition) is 1. The van der Waals surface area contributed by atoms with E-state index in [1.165, 1.54) is 0 Å². The van der Waals surface area contributed by atoms with Crippen molar-refractivity contribution in [2.45, 2.75) is 17.2 Å². The van der Waals surface area contributed by atoms with E-state index in [1.807, 2.05) is 0 Å². The van der Waals surface area contributed by atoms with Gasteiger partial charge in [-0.05, 0) is 36.4 Å². The van der Waals surface area contributed by atoms with Gasteiger partial charge in [0, 0.05) is 10.2 Å². The predicted molar refractivity (Wildman–Crippen MR) is 86.4 cm³/mol. The molecule has 0 saturated heterocycles. The lowest BCUT2D eigenvalue weighted by Gasteiger charge is -2.14. The van der Waals surface area contributed by atoms with Crippen LogP contribution in [0.3, 0.4) is 0 Å². The van der Waals surface area contributed by atoms with Gasteiger partial charge >= 0.3 is 12.4 Å². The molecule has 0 unspecified atom stereocenters. The second kappa shape index (κ2) is 6.93. The molecular formula is C14H7BrClF6NO2S. The molecular weight excluding hydrogens is 476 g/mol. The monoisotopic (exact) mass is 481 g/mol. The molecule has 0 heterocycles. The number of halogens is 8. The van der Waals surface area contributed by atoms with Crippen LogP contribution in [0.15, 0.2) is 45.8 Å². The first-order valence-electron chi connectivity index (χ1n) is 6.47. The predicted octanol–water partition coefficient (Wildman–Crippen LogP) is 5.94. The van der Waals surface area contributed by atoms with E-state index in [-0.39, 0.29) is 4.47 Å². The summed E-state index contributed by atoms with van der Waals surface area (Å²) in [6, 6.07) is 4.15. The maximum atomic E-state index is 12.8. The summed E-state index contributed by atoms with van der Waals surface area (Å²) in [5, 5.41) is -0.651. The fourth-order valence-corrected chi connectivity index (χ4v) is 3.89. The summed E-state index contributed by atoms with van der Waals surface area (Å²) < 4.78 is 103. The first kappa shape index (κ1) is 20.8. The van der Waals surface area contributed by atoms with Gasteiger partial charge in [0.25, 0.3) is 10.0 Å². The third-order valence-corrected chi connectivity index (χ3v) is 5.18. The van der Waals surface area contributed by atoms with E-state index in [1.54, 1.807) is 4.72 Å². The molecule has 0 aromatic heterocycles. The fraction of sp³-hybridized carbons (Fsp3) is 0.143. The van der Waals surface area contributed by atoms with Crippen LogP contribution in [0.5, 0.6) is 0 Å². The Morgan fingerprint density at radius 1 is 0.923 bits per heavy atom. The number of hydrogen-bond acceptors (Lipinski definition) is 2. The van der Waals surface area contributed by atoms with Crippen LogP contribution in [0.2, 0.25) is 5.02 Å². The molecule has 2 aromatic rings. The maximum absolute atomic E-state index is 12.8. The summed E-state index contributed by atoms with van der Waals surface area (Å²) in [6.45, 7) is 0. The summed E-state index contributed by atoms with van der Waals surface area (Å²) in [4.78, 5) is -0.775. The first-order valence-corrected chi connectivity index (χ1v) is 9.13. The van der Waals surface area contributed by atoms with Gasteiger partial charge in [-0.3, -0.25) is 4.72 Å². The molecule has 3 nitrogen and oxygen atoms in total. The van der Waals surface area contributed by atoms with Crippen LogP contribution in [-0.2, 0) is 22.4 Å². The van der Waals surface area contributed by atoms with Gasteiger partial charge in [-0.2, -0.15) is 26.3 Å². The Balaban J connectivity index is 2.46. The molecule has 26 heavy (non-hydrogen) atoms. The molecule has 0 atom stereocenters. The Hall–Kier alpha value is -1.46. The molecule has 0 fully saturated rings. The molecule has 0 aliphatic heterocycles. The lowest BCUT2D eigenvalue weighted by Crippen LogP contribution is -2.16. The van der Waals surface area contributed by atoms with E-state index in [9.17, 15) is 34.8 Å². The van der Waals surface area contributed by atoms with Gasteiger partial charge in [-0.25, -0.2) is 8.42 Å². The third-order valence-electron chi connectivity index (χ3n) is 3.03. The van der Waals surface area contributed by atoms with Crippen LogP contribution in [-0.4, -0.2) is 8.42 Å². The van der Waals surface area contributed by atoms with E-state index in [4.69, 9.17) is 11.6 Å². The molecule has 0 spiro atoms. The quantitative estimate of drug-likeness (QED) is 0.550. The summed E-state index contributed by atoms with van der Waals surface area (Å²) in [5.74, 6) is 0. The van der Waals surface area contributed by atoms with Crippen LogP contribution in [0, 0.1) is 0 Å². The number of rotatable bonds is 3. The highest BCUT2D eigenvalue weighted by Gasteiger charge is 2.34. The van der Waals surface area contributed by atoms with Gasteiger partial charge in [-0.15, -0.1) is 0 Å². The molecule has 0 aliphatic carbocycles. The number of sulfonamides is 1. The van der Waals surface area contributed by atoms with Crippen molar-refractivity contribution in [2.24, 2.45) is 0 Å². The summed E-state index contributed by atoms with van der Waals surface area (Å²) >= 11 is 8.20. The third kappa shape index (κ3) is 4.83. The van der Waals surface area contributed by atoms with Crippen molar-refractivity contribution >= 4 is 43.2 Å². The largest absolute Gasteiger partial charge is 0.417 e. The number of benzene rings is 2. The minimum Gasteiger partial charge on any atom is -0.280 e. The fourth-order valence-electron chi connectivity index (χ4n) is 1.90. The number of anilines is 1. The average molecular weight is 483 g/mol. The first-order chi connectivity index (χ1) is 11.7. The molecule has 0 bridgehead atoms. The van der Waals surface area contributed by atoms with Gasteiger partial charge in [-0.1, -0.05) is 27.5 Å². The lowest BCUT2D eigenvalue weighted by molar-refractivity contribution is -0.138. The smallest absolute Gasteiger partial charge is 0.280 e. The van der Waals surface area contributed by atoms with E-state index in [2.05, 4.69) is 15.9 Å². The van der Waals surface area contributed by atoms with Crippen molar-refractivity contribution in [3.05, 3.63) is 57.0 Å². The lowest BCUT2D eigenvalue weighted by atomic mass is 10.2. The second-order valence-electron chi connectivity index (χ2n) is 4.97. The molecule has 0 saturated carbocycles. The highest BCUT2D eigenvalue weighted by atomic mass is 79.9. The Labute approximate surface area is 157 Å². The summed E-state index contributed by atoms with van der Waals surface area (Å²) in [5.41, 5.74) is -3.03. The van der Waals surface area contributed by atoms with Gasteiger partial charge < -0.3 is 0 Å². The molecule has 12 heteroatoms. The number of alkyl halides is 6. The van der Waals surface area contributed by atoms with E-state index < -0.39 is 49.1 Å². The molecule has 2 aromatic carbocycles. The van der Waals surface area contributed by atoms with Crippen LogP contribution < -0.4 is 4.72 Å². The molecule has 1 N–H and O–H groups in total. The summed E-state index contributed by atoms with van der Waals surface area (Å²) in [6.07, 6.45) is -9.64. The minimum absolute atomic E-state index is 0.167. The SMILES string of the molecule is O=S(=O)(Nc1ccc(Cl)c(C(F)(F)F)c1)c1cc(Br)cc(C(F)(F)F)c1. The Morgan fingerprint density at radius 2 is 1.54 bits per heavy atom. The standard InChI is InChI=1S/C14H7BrClF6NO2S/c15-8-3-7(13(17,18)19)4-10(5-8)26(24,25)23-9-1-2-12(16)11(6-9)14(20,21)22/h1-6,23H. The van der Waals surface area contributed by atoms with Crippen molar-refractivity contribution in [3.63, 3.8) is 0 Å². The van der Waals surface area contributed by atoms with Crippen molar-refractivity contribution in [3.8, 4) is 0 Å². The average Bonchev–Trinajstić information content (AvgIpc) is 2.46. The van der Waals surface area contributed by atoms with Crippen LogP contribution in [0.25, 0.3) is 0 Å². The molecule has 142 valence electrons. The molecule has 0 radical (unpaired) electrons. The van der Waals surface area contributed by atoms with E-state index in [0.29, 0.717) is 18.2 Å². The van der Waals surface area contributed by atoms with Gasteiger partial charge in [0.2, 0.25) is 0 Å². The number of nitrogens with one attached hydrogen (secondary N) is 1. The van der Waals surface area contributed by atoms with Crippen LogP contribution in [0.1, 0.15) is 11.1 Å². The van der Waals surface area contributed by atoms with Gasteiger partial charge in [0.1, 0.15) is 0 Å². The molecule has 0 aliphatic rings. The Kier molecular flexibility index (Phi) is 5.56. The van der Waals surface area contributed by atoms with Crippen LogP contribution >= 0.6 is 27.5 Å². The zero-order chi connectivity index (χ0) is 19.9. The maximum Gasteiger partial charge on any atom is 0.417 e. The highest BCUT2D eigenvalue weighted by molar-refractivity contribution is 9.10. The van der Waals surface area contributed by atoms with E-state index >= 15 is 0 Å². The van der Waals surface area contributed by atoms with Crippen molar-refractivity contribution < 1.29 is 34.8 Å². The second-order valence-corrected chi connectivity index (χ2v) is 7.98. The van der Waals surface area contributed by atoms with Crippen molar-refractivity contribution in [1.29, 1.82) is 0 Å². The minimum atomic E-state index is -4.84. The molecule has 2 rings (SSSR count). The highest BCUT2D eigenvalue weighted by Crippen LogP contribution is 2.37. The van der Waals surface area contributed by atoms with Gasteiger partial charge in [0.05, 0.1) is 21.0 Å². The zero-order valence-corrected chi connectivity index (χ0v) is 15.4.